The van der Waals surface area contributed by atoms with Gasteiger partial charge in [-0.25, -0.2) is 0 Å². The van der Waals surface area contributed by atoms with E-state index in [9.17, 15) is 14.4 Å². The lowest BCUT2D eigenvalue weighted by atomic mass is 10.1. The molecule has 2 amide bonds. The van der Waals surface area contributed by atoms with Gasteiger partial charge in [-0.1, -0.05) is 30.3 Å². The molecule has 22 heavy (non-hydrogen) atoms. The van der Waals surface area contributed by atoms with Crippen LogP contribution in [0.25, 0.3) is 0 Å². The maximum absolute atomic E-state index is 11.9. The summed E-state index contributed by atoms with van der Waals surface area (Å²) in [5.74, 6) is -0.984. The van der Waals surface area contributed by atoms with Crippen LogP contribution < -0.4 is 11.1 Å². The molecule has 0 bridgehead atoms. The summed E-state index contributed by atoms with van der Waals surface area (Å²) >= 11 is 1.28. The second-order valence-electron chi connectivity index (χ2n) is 4.80. The highest BCUT2D eigenvalue weighted by Crippen LogP contribution is 2.27. The normalized spacial score (nSPS) is 10.2. The minimum absolute atomic E-state index is 0.0584. The van der Waals surface area contributed by atoms with Crippen molar-refractivity contribution in [2.75, 3.05) is 5.32 Å². The van der Waals surface area contributed by atoms with Crippen LogP contribution in [0.1, 0.15) is 38.4 Å². The number of ketones is 1. The molecule has 2 aromatic rings. The quantitative estimate of drug-likeness (QED) is 0.803. The number of anilines is 1. The van der Waals surface area contributed by atoms with E-state index in [0.717, 1.165) is 4.88 Å². The molecule has 0 saturated carbocycles. The van der Waals surface area contributed by atoms with Gasteiger partial charge in [0.15, 0.2) is 5.78 Å². The van der Waals surface area contributed by atoms with Crippen LogP contribution in [0, 0.1) is 6.92 Å². The van der Waals surface area contributed by atoms with Crippen LogP contribution in [-0.2, 0) is 4.79 Å². The summed E-state index contributed by atoms with van der Waals surface area (Å²) in [6.07, 6.45) is 0.176. The summed E-state index contributed by atoms with van der Waals surface area (Å²) in [5.41, 5.74) is 6.14. The standard InChI is InChI=1S/C16H16N2O3S/c1-10-9-12(15(17)21)16(22-10)18-14(20)8-7-13(19)11-5-3-2-4-6-11/h2-6,9H,7-8H2,1H3,(H2,17,21)(H,18,20). The van der Waals surface area contributed by atoms with Gasteiger partial charge >= 0.3 is 0 Å². The SMILES string of the molecule is Cc1cc(C(N)=O)c(NC(=O)CCC(=O)c2ccccc2)s1. The molecule has 0 saturated heterocycles. The number of carbonyl (C=O) groups excluding carboxylic acids is 3. The zero-order chi connectivity index (χ0) is 16.1. The molecule has 1 heterocycles. The Morgan fingerprint density at radius 1 is 1.14 bits per heavy atom. The average Bonchev–Trinajstić information content (AvgIpc) is 2.86. The molecule has 0 aliphatic carbocycles. The van der Waals surface area contributed by atoms with Crippen molar-refractivity contribution in [2.45, 2.75) is 19.8 Å². The molecule has 6 heteroatoms. The molecule has 0 unspecified atom stereocenters. The van der Waals surface area contributed by atoms with E-state index in [-0.39, 0.29) is 24.5 Å². The molecule has 0 atom stereocenters. The van der Waals surface area contributed by atoms with E-state index >= 15 is 0 Å². The van der Waals surface area contributed by atoms with Crippen molar-refractivity contribution in [1.29, 1.82) is 0 Å². The van der Waals surface area contributed by atoms with Gasteiger partial charge in [0.25, 0.3) is 5.91 Å². The maximum Gasteiger partial charge on any atom is 0.251 e. The first kappa shape index (κ1) is 15.9. The van der Waals surface area contributed by atoms with Crippen LogP contribution in [0.15, 0.2) is 36.4 Å². The van der Waals surface area contributed by atoms with Crippen molar-refractivity contribution in [2.24, 2.45) is 5.73 Å². The summed E-state index contributed by atoms with van der Waals surface area (Å²) in [6.45, 7) is 1.83. The molecule has 0 radical (unpaired) electrons. The Morgan fingerprint density at radius 2 is 1.82 bits per heavy atom. The fourth-order valence-corrected chi connectivity index (χ4v) is 2.91. The Balaban J connectivity index is 1.94. The number of rotatable bonds is 6. The van der Waals surface area contributed by atoms with Crippen molar-refractivity contribution in [3.8, 4) is 0 Å². The fourth-order valence-electron chi connectivity index (χ4n) is 1.97. The smallest absolute Gasteiger partial charge is 0.251 e. The first-order valence-corrected chi connectivity index (χ1v) is 7.57. The number of nitrogens with two attached hydrogens (primary N) is 1. The Morgan fingerprint density at radius 3 is 2.45 bits per heavy atom. The average molecular weight is 316 g/mol. The predicted octanol–water partition coefficient (Wildman–Crippen LogP) is 2.76. The number of benzene rings is 1. The van der Waals surface area contributed by atoms with Crippen LogP contribution in [0.3, 0.4) is 0 Å². The van der Waals surface area contributed by atoms with E-state index < -0.39 is 5.91 Å². The molecule has 5 nitrogen and oxygen atoms in total. The van der Waals surface area contributed by atoms with Crippen molar-refractivity contribution in [1.82, 2.24) is 0 Å². The number of Topliss-reactive ketones (excluding diaryl/α,β-unsaturated/α-hetero) is 1. The lowest BCUT2D eigenvalue weighted by molar-refractivity contribution is -0.116. The molecule has 2 rings (SSSR count). The van der Waals surface area contributed by atoms with Crippen LogP contribution in [0.2, 0.25) is 0 Å². The lowest BCUT2D eigenvalue weighted by Gasteiger charge is -2.04. The topological polar surface area (TPSA) is 89.3 Å². The van der Waals surface area contributed by atoms with Gasteiger partial charge in [-0.05, 0) is 13.0 Å². The monoisotopic (exact) mass is 316 g/mol. The van der Waals surface area contributed by atoms with Gasteiger partial charge in [-0.2, -0.15) is 0 Å². The summed E-state index contributed by atoms with van der Waals surface area (Å²) in [4.78, 5) is 36.0. The van der Waals surface area contributed by atoms with Gasteiger partial charge in [0, 0.05) is 23.3 Å². The highest BCUT2D eigenvalue weighted by Gasteiger charge is 2.15. The minimum atomic E-state index is -0.583. The van der Waals surface area contributed by atoms with Crippen LogP contribution in [-0.4, -0.2) is 17.6 Å². The summed E-state index contributed by atoms with van der Waals surface area (Å²) < 4.78 is 0. The van der Waals surface area contributed by atoms with Gasteiger partial charge in [0.2, 0.25) is 5.91 Å². The second-order valence-corrected chi connectivity index (χ2v) is 6.06. The molecular weight excluding hydrogens is 300 g/mol. The van der Waals surface area contributed by atoms with Gasteiger partial charge in [0.1, 0.15) is 5.00 Å². The third-order valence-electron chi connectivity index (χ3n) is 3.05. The fraction of sp³-hybridized carbons (Fsp3) is 0.188. The highest BCUT2D eigenvalue weighted by molar-refractivity contribution is 7.16. The molecule has 0 aliphatic rings. The first-order chi connectivity index (χ1) is 10.5. The van der Waals surface area contributed by atoms with E-state index in [4.69, 9.17) is 5.73 Å². The third kappa shape index (κ3) is 4.02. The van der Waals surface area contributed by atoms with Gasteiger partial charge in [0.05, 0.1) is 5.56 Å². The molecule has 1 aromatic heterocycles. The Labute approximate surface area is 132 Å². The zero-order valence-corrected chi connectivity index (χ0v) is 12.9. The maximum atomic E-state index is 11.9. The molecule has 114 valence electrons. The van der Waals surface area contributed by atoms with E-state index in [1.807, 2.05) is 13.0 Å². The number of thiophene rings is 1. The number of carbonyl (C=O) groups is 3. The van der Waals surface area contributed by atoms with E-state index in [2.05, 4.69) is 5.32 Å². The molecule has 3 N–H and O–H groups in total. The van der Waals surface area contributed by atoms with Crippen molar-refractivity contribution in [3.05, 3.63) is 52.4 Å². The molecular formula is C16H16N2O3S. The van der Waals surface area contributed by atoms with Crippen LogP contribution >= 0.6 is 11.3 Å². The number of aryl methyl sites for hydroxylation is 1. The minimum Gasteiger partial charge on any atom is -0.366 e. The van der Waals surface area contributed by atoms with Crippen LogP contribution in [0.4, 0.5) is 5.00 Å². The number of hydrogen-bond acceptors (Lipinski definition) is 4. The van der Waals surface area contributed by atoms with Gasteiger partial charge in [-0.15, -0.1) is 11.3 Å². The Hall–Kier alpha value is -2.47. The molecule has 0 aliphatic heterocycles. The molecule has 0 spiro atoms. The second kappa shape index (κ2) is 7.00. The molecule has 0 fully saturated rings. The van der Waals surface area contributed by atoms with Crippen LogP contribution in [0.5, 0.6) is 0 Å². The largest absolute Gasteiger partial charge is 0.366 e. The summed E-state index contributed by atoms with van der Waals surface area (Å²) in [5, 5.41) is 3.08. The predicted molar refractivity (Wildman–Crippen MR) is 86.2 cm³/mol. The number of nitrogens with one attached hydrogen (secondary N) is 1. The zero-order valence-electron chi connectivity index (χ0n) is 12.1. The first-order valence-electron chi connectivity index (χ1n) is 6.75. The van der Waals surface area contributed by atoms with E-state index in [1.54, 1.807) is 30.3 Å². The number of hydrogen-bond donors (Lipinski definition) is 2. The third-order valence-corrected chi connectivity index (χ3v) is 4.01. The highest BCUT2D eigenvalue weighted by atomic mass is 32.1. The van der Waals surface area contributed by atoms with E-state index in [0.29, 0.717) is 16.1 Å². The lowest BCUT2D eigenvalue weighted by Crippen LogP contribution is -2.17. The number of amides is 2. The summed E-state index contributed by atoms with van der Waals surface area (Å²) in [7, 11) is 0. The Kier molecular flexibility index (Phi) is 5.06. The van der Waals surface area contributed by atoms with Crippen molar-refractivity contribution in [3.63, 3.8) is 0 Å². The van der Waals surface area contributed by atoms with Gasteiger partial charge < -0.3 is 11.1 Å². The number of primary amides is 1. The van der Waals surface area contributed by atoms with Crippen molar-refractivity contribution >= 4 is 33.9 Å². The van der Waals surface area contributed by atoms with Crippen molar-refractivity contribution < 1.29 is 14.4 Å². The van der Waals surface area contributed by atoms with E-state index in [1.165, 1.54) is 11.3 Å². The molecule has 1 aromatic carbocycles. The Bertz CT molecular complexity index is 707. The van der Waals surface area contributed by atoms with Gasteiger partial charge in [-0.3, -0.25) is 14.4 Å². The summed E-state index contributed by atoms with van der Waals surface area (Å²) in [6, 6.07) is 10.5.